The summed E-state index contributed by atoms with van der Waals surface area (Å²) in [6, 6.07) is 0. The zero-order valence-corrected chi connectivity index (χ0v) is 11.5. The van der Waals surface area contributed by atoms with E-state index in [0.717, 1.165) is 16.7 Å². The Balaban J connectivity index is 2.74. The molecular weight excluding hydrogens is 210 g/mol. The van der Waals surface area contributed by atoms with Crippen LogP contribution in [0.4, 0.5) is 0 Å². The van der Waals surface area contributed by atoms with Gasteiger partial charge in [0, 0.05) is 17.2 Å². The van der Waals surface area contributed by atoms with Crippen LogP contribution in [0.5, 0.6) is 0 Å². The van der Waals surface area contributed by atoms with E-state index in [1.165, 1.54) is 5.56 Å². The summed E-state index contributed by atoms with van der Waals surface area (Å²) in [5.74, 6) is 0. The monoisotopic (exact) mass is 231 g/mol. The van der Waals surface area contributed by atoms with Crippen LogP contribution in [0.1, 0.15) is 52.8 Å². The molecule has 17 heavy (non-hydrogen) atoms. The maximum atomic E-state index is 4.44. The van der Waals surface area contributed by atoms with Crippen molar-refractivity contribution in [3.8, 4) is 0 Å². The van der Waals surface area contributed by atoms with Crippen molar-refractivity contribution in [3.63, 3.8) is 0 Å². The number of aromatic amines is 1. The summed E-state index contributed by atoms with van der Waals surface area (Å²) in [6.45, 7) is 13.1. The van der Waals surface area contributed by atoms with Gasteiger partial charge in [-0.3, -0.25) is 0 Å². The molecule has 2 aromatic heterocycles. The summed E-state index contributed by atoms with van der Waals surface area (Å²) in [6.07, 6.45) is 3.74. The van der Waals surface area contributed by atoms with Gasteiger partial charge in [0.15, 0.2) is 0 Å². The Labute approximate surface area is 103 Å². The van der Waals surface area contributed by atoms with Gasteiger partial charge in [0.25, 0.3) is 0 Å². The number of rotatable bonds is 0. The highest BCUT2D eigenvalue weighted by molar-refractivity contribution is 5.82. The topological polar surface area (TPSA) is 41.6 Å². The molecule has 0 aromatic carbocycles. The molecule has 2 aromatic rings. The van der Waals surface area contributed by atoms with Gasteiger partial charge in [0.05, 0.1) is 16.7 Å². The van der Waals surface area contributed by atoms with Crippen molar-refractivity contribution in [1.29, 1.82) is 0 Å². The van der Waals surface area contributed by atoms with Crippen molar-refractivity contribution in [1.82, 2.24) is 15.0 Å². The van der Waals surface area contributed by atoms with Crippen molar-refractivity contribution < 1.29 is 0 Å². The number of hydrogen-bond acceptors (Lipinski definition) is 2. The molecule has 0 saturated carbocycles. The van der Waals surface area contributed by atoms with Gasteiger partial charge < -0.3 is 4.98 Å². The quantitative estimate of drug-likeness (QED) is 0.753. The van der Waals surface area contributed by atoms with Crippen LogP contribution in [0.25, 0.3) is 11.0 Å². The molecule has 0 aliphatic rings. The van der Waals surface area contributed by atoms with E-state index in [1.54, 1.807) is 6.33 Å². The van der Waals surface area contributed by atoms with E-state index in [0.29, 0.717) is 0 Å². The first-order chi connectivity index (χ1) is 7.71. The van der Waals surface area contributed by atoms with E-state index in [9.17, 15) is 0 Å². The van der Waals surface area contributed by atoms with Crippen molar-refractivity contribution in [2.45, 2.75) is 52.4 Å². The van der Waals surface area contributed by atoms with E-state index in [4.69, 9.17) is 0 Å². The minimum Gasteiger partial charge on any atom is -0.358 e. The number of nitrogens with zero attached hydrogens (tertiary/aromatic N) is 2. The highest BCUT2D eigenvalue weighted by Crippen LogP contribution is 2.32. The third-order valence-electron chi connectivity index (χ3n) is 2.98. The SMILES string of the molecule is CC(C)(C)c1c[nH]c2c(C(C)(C)C)ncnc12. The van der Waals surface area contributed by atoms with Gasteiger partial charge in [-0.1, -0.05) is 41.5 Å². The van der Waals surface area contributed by atoms with E-state index in [2.05, 4.69) is 62.7 Å². The Bertz CT molecular complexity index is 539. The summed E-state index contributed by atoms with van der Waals surface area (Å²) < 4.78 is 0. The molecule has 0 aliphatic heterocycles. The van der Waals surface area contributed by atoms with Crippen LogP contribution in [-0.2, 0) is 10.8 Å². The largest absolute Gasteiger partial charge is 0.358 e. The second-order valence-electron chi connectivity index (χ2n) is 6.65. The van der Waals surface area contributed by atoms with Crippen LogP contribution in [0.15, 0.2) is 12.5 Å². The first-order valence-electron chi connectivity index (χ1n) is 6.04. The van der Waals surface area contributed by atoms with Crippen molar-refractivity contribution >= 4 is 11.0 Å². The Morgan fingerprint density at radius 1 is 0.941 bits per heavy atom. The van der Waals surface area contributed by atoms with Crippen molar-refractivity contribution in [2.24, 2.45) is 0 Å². The standard InChI is InChI=1S/C14H21N3/c1-13(2,3)9-7-15-11-10(9)16-8-17-12(11)14(4,5)6/h7-8,15H,1-6H3. The molecule has 0 amide bonds. The minimum absolute atomic E-state index is 0.0290. The second-order valence-corrected chi connectivity index (χ2v) is 6.65. The maximum absolute atomic E-state index is 4.44. The zero-order valence-electron chi connectivity index (χ0n) is 11.5. The number of nitrogens with one attached hydrogen (secondary N) is 1. The molecule has 2 rings (SSSR count). The molecule has 0 radical (unpaired) electrons. The summed E-state index contributed by atoms with van der Waals surface area (Å²) in [7, 11) is 0. The summed E-state index contributed by atoms with van der Waals surface area (Å²) >= 11 is 0. The zero-order chi connectivity index (χ0) is 12.8. The highest BCUT2D eigenvalue weighted by atomic mass is 14.9. The van der Waals surface area contributed by atoms with E-state index >= 15 is 0 Å². The number of H-pyrrole nitrogens is 1. The first-order valence-corrected chi connectivity index (χ1v) is 6.04. The molecule has 0 unspecified atom stereocenters. The molecule has 3 heteroatoms. The molecule has 0 bridgehead atoms. The third-order valence-corrected chi connectivity index (χ3v) is 2.98. The average Bonchev–Trinajstić information content (AvgIpc) is 2.57. The Morgan fingerprint density at radius 2 is 1.59 bits per heavy atom. The maximum Gasteiger partial charge on any atom is 0.116 e. The lowest BCUT2D eigenvalue weighted by Gasteiger charge is -2.19. The summed E-state index contributed by atoms with van der Waals surface area (Å²) in [5, 5.41) is 0. The Morgan fingerprint density at radius 3 is 2.12 bits per heavy atom. The fraction of sp³-hybridized carbons (Fsp3) is 0.571. The minimum atomic E-state index is 0.0290. The molecule has 1 N–H and O–H groups in total. The number of fused-ring (bicyclic) bond motifs is 1. The summed E-state index contributed by atoms with van der Waals surface area (Å²) in [5.41, 5.74) is 4.59. The fourth-order valence-corrected chi connectivity index (χ4v) is 2.08. The van der Waals surface area contributed by atoms with Gasteiger partial charge in [-0.25, -0.2) is 9.97 Å². The van der Waals surface area contributed by atoms with Gasteiger partial charge in [-0.2, -0.15) is 0 Å². The second kappa shape index (κ2) is 3.56. The van der Waals surface area contributed by atoms with Crippen molar-refractivity contribution in [2.75, 3.05) is 0 Å². The Hall–Kier alpha value is -1.38. The fourth-order valence-electron chi connectivity index (χ4n) is 2.08. The third kappa shape index (κ3) is 2.06. The molecule has 0 spiro atoms. The summed E-state index contributed by atoms with van der Waals surface area (Å²) in [4.78, 5) is 12.2. The molecule has 3 nitrogen and oxygen atoms in total. The molecular formula is C14H21N3. The predicted octanol–water partition coefficient (Wildman–Crippen LogP) is 3.55. The lowest BCUT2D eigenvalue weighted by molar-refractivity contribution is 0.572. The normalized spacial score (nSPS) is 13.3. The van der Waals surface area contributed by atoms with Crippen LogP contribution in [0, 0.1) is 0 Å². The van der Waals surface area contributed by atoms with Crippen LogP contribution < -0.4 is 0 Å². The van der Waals surface area contributed by atoms with E-state index < -0.39 is 0 Å². The highest BCUT2D eigenvalue weighted by Gasteiger charge is 2.24. The van der Waals surface area contributed by atoms with Crippen LogP contribution in [0.2, 0.25) is 0 Å². The lowest BCUT2D eigenvalue weighted by atomic mass is 9.87. The van der Waals surface area contributed by atoms with Gasteiger partial charge in [0.2, 0.25) is 0 Å². The first kappa shape index (κ1) is 12.1. The smallest absolute Gasteiger partial charge is 0.116 e. The number of hydrogen-bond donors (Lipinski definition) is 1. The molecule has 0 atom stereocenters. The molecule has 0 saturated heterocycles. The van der Waals surface area contributed by atoms with Gasteiger partial charge in [-0.05, 0) is 5.41 Å². The lowest BCUT2D eigenvalue weighted by Crippen LogP contribution is -2.15. The predicted molar refractivity (Wildman–Crippen MR) is 71.3 cm³/mol. The van der Waals surface area contributed by atoms with E-state index in [1.807, 2.05) is 0 Å². The van der Waals surface area contributed by atoms with Gasteiger partial charge in [-0.15, -0.1) is 0 Å². The molecule has 92 valence electrons. The molecule has 0 fully saturated rings. The van der Waals surface area contributed by atoms with Crippen LogP contribution >= 0.6 is 0 Å². The molecule has 2 heterocycles. The molecule has 0 aliphatic carbocycles. The van der Waals surface area contributed by atoms with Crippen LogP contribution in [0.3, 0.4) is 0 Å². The van der Waals surface area contributed by atoms with Gasteiger partial charge in [0.1, 0.15) is 6.33 Å². The average molecular weight is 231 g/mol. The Kier molecular flexibility index (Phi) is 2.53. The number of aromatic nitrogens is 3. The van der Waals surface area contributed by atoms with Gasteiger partial charge >= 0.3 is 0 Å². The van der Waals surface area contributed by atoms with Crippen LogP contribution in [-0.4, -0.2) is 15.0 Å². The van der Waals surface area contributed by atoms with E-state index in [-0.39, 0.29) is 10.8 Å². The van der Waals surface area contributed by atoms with Crippen molar-refractivity contribution in [3.05, 3.63) is 23.8 Å².